The van der Waals surface area contributed by atoms with Crippen LogP contribution < -0.4 is 5.32 Å². The summed E-state index contributed by atoms with van der Waals surface area (Å²) >= 11 is 16.7. The fraction of sp³-hybridized carbons (Fsp3) is 0.188. The van der Waals surface area contributed by atoms with Gasteiger partial charge in [0.1, 0.15) is 5.03 Å². The van der Waals surface area contributed by atoms with Crippen LogP contribution in [0.3, 0.4) is 0 Å². The molecule has 1 aromatic carbocycles. The minimum absolute atomic E-state index is 0.214. The van der Waals surface area contributed by atoms with Crippen molar-refractivity contribution in [2.45, 2.75) is 15.8 Å². The zero-order valence-corrected chi connectivity index (χ0v) is 17.8. The highest BCUT2D eigenvalue weighted by Crippen LogP contribution is 2.33. The van der Waals surface area contributed by atoms with Gasteiger partial charge in [0.15, 0.2) is 5.82 Å². The molecule has 0 saturated heterocycles. The highest BCUT2D eigenvalue weighted by Gasteiger charge is 2.21. The van der Waals surface area contributed by atoms with Gasteiger partial charge in [0.05, 0.1) is 16.3 Å². The third kappa shape index (κ3) is 4.20. The summed E-state index contributed by atoms with van der Waals surface area (Å²) in [5.74, 6) is 0.247. The van der Waals surface area contributed by atoms with Crippen LogP contribution >= 0.6 is 58.3 Å². The Morgan fingerprint density at radius 1 is 1.23 bits per heavy atom. The molecule has 0 atom stereocenters. The van der Waals surface area contributed by atoms with E-state index in [1.165, 1.54) is 35.1 Å². The lowest BCUT2D eigenvalue weighted by atomic mass is 10.2. The van der Waals surface area contributed by atoms with Gasteiger partial charge in [-0.1, -0.05) is 29.3 Å². The van der Waals surface area contributed by atoms with Crippen molar-refractivity contribution in [2.75, 3.05) is 17.8 Å². The average Bonchev–Trinajstić information content (AvgIpc) is 3.24. The fourth-order valence-electron chi connectivity index (χ4n) is 2.27. The van der Waals surface area contributed by atoms with Crippen LogP contribution in [0.15, 0.2) is 39.7 Å². The van der Waals surface area contributed by atoms with Gasteiger partial charge in [0, 0.05) is 27.9 Å². The van der Waals surface area contributed by atoms with Crippen LogP contribution in [0.25, 0.3) is 0 Å². The number of carbonyl (C=O) groups is 1. The molecule has 0 aliphatic rings. The number of aromatic nitrogens is 3. The number of carbonyl (C=O) groups excluding carboxylic acids is 1. The molecule has 0 saturated carbocycles. The Kier molecular flexibility index (Phi) is 6.52. The minimum atomic E-state index is -0.214. The number of amides is 1. The Morgan fingerprint density at radius 2 is 1.96 bits per heavy atom. The van der Waals surface area contributed by atoms with Crippen LogP contribution in [-0.2, 0) is 6.54 Å². The normalized spacial score (nSPS) is 10.9. The summed E-state index contributed by atoms with van der Waals surface area (Å²) in [5.41, 5.74) is 1.38. The molecule has 2 aromatic heterocycles. The molecule has 3 aromatic rings. The predicted octanol–water partition coefficient (Wildman–Crippen LogP) is 5.39. The standard InChI is InChI=1S/C16H14Cl2N4OS3/c1-24-15-13(16(25-2)26-21-15)14(23)19-12-6-7-22(20-12)8-9-10(17)4-3-5-11(9)18/h3-7H,8H2,1-2H3,(H,19,20,23). The lowest BCUT2D eigenvalue weighted by molar-refractivity contribution is 0.102. The van der Waals surface area contributed by atoms with E-state index in [1.54, 1.807) is 35.1 Å². The maximum absolute atomic E-state index is 12.6. The van der Waals surface area contributed by atoms with E-state index in [4.69, 9.17) is 23.2 Å². The molecule has 5 nitrogen and oxygen atoms in total. The molecule has 1 amide bonds. The topological polar surface area (TPSA) is 59.8 Å². The molecular formula is C16H14Cl2N4OS3. The van der Waals surface area contributed by atoms with Gasteiger partial charge in [-0.05, 0) is 36.2 Å². The first-order chi connectivity index (χ1) is 12.5. The molecule has 1 N–H and O–H groups in total. The summed E-state index contributed by atoms with van der Waals surface area (Å²) in [6, 6.07) is 7.10. The summed E-state index contributed by atoms with van der Waals surface area (Å²) in [6.07, 6.45) is 5.60. The Morgan fingerprint density at radius 3 is 2.62 bits per heavy atom. The van der Waals surface area contributed by atoms with Crippen LogP contribution in [0.1, 0.15) is 15.9 Å². The SMILES string of the molecule is CSc1nsc(SC)c1C(=O)Nc1ccn(Cc2c(Cl)cccc2Cl)n1. The smallest absolute Gasteiger partial charge is 0.261 e. The van der Waals surface area contributed by atoms with E-state index in [2.05, 4.69) is 14.8 Å². The molecule has 0 unspecified atom stereocenters. The summed E-state index contributed by atoms with van der Waals surface area (Å²) in [4.78, 5) is 12.6. The molecule has 0 fully saturated rings. The molecule has 2 heterocycles. The van der Waals surface area contributed by atoms with E-state index in [9.17, 15) is 4.79 Å². The third-order valence-electron chi connectivity index (χ3n) is 3.50. The Bertz CT molecular complexity index is 900. The monoisotopic (exact) mass is 444 g/mol. The first kappa shape index (κ1) is 19.6. The maximum atomic E-state index is 12.6. The van der Waals surface area contributed by atoms with Crippen LogP contribution in [0.5, 0.6) is 0 Å². The van der Waals surface area contributed by atoms with Crippen molar-refractivity contribution in [3.8, 4) is 0 Å². The van der Waals surface area contributed by atoms with E-state index >= 15 is 0 Å². The lowest BCUT2D eigenvalue weighted by Gasteiger charge is -2.07. The second kappa shape index (κ2) is 8.67. The average molecular weight is 445 g/mol. The van der Waals surface area contributed by atoms with Crippen molar-refractivity contribution in [3.05, 3.63) is 51.6 Å². The third-order valence-corrected chi connectivity index (χ3v) is 6.95. The molecule has 136 valence electrons. The molecular weight excluding hydrogens is 431 g/mol. The van der Waals surface area contributed by atoms with Gasteiger partial charge in [-0.15, -0.1) is 23.5 Å². The molecule has 26 heavy (non-hydrogen) atoms. The number of anilines is 1. The van der Waals surface area contributed by atoms with Crippen LogP contribution in [-0.4, -0.2) is 32.6 Å². The van der Waals surface area contributed by atoms with E-state index < -0.39 is 0 Å². The zero-order chi connectivity index (χ0) is 18.7. The molecule has 0 radical (unpaired) electrons. The van der Waals surface area contributed by atoms with Crippen molar-refractivity contribution in [1.82, 2.24) is 14.2 Å². The van der Waals surface area contributed by atoms with Crippen molar-refractivity contribution in [3.63, 3.8) is 0 Å². The number of hydrogen-bond acceptors (Lipinski definition) is 6. The predicted molar refractivity (Wildman–Crippen MR) is 111 cm³/mol. The van der Waals surface area contributed by atoms with Crippen molar-refractivity contribution < 1.29 is 4.79 Å². The summed E-state index contributed by atoms with van der Waals surface area (Å²) in [5, 5.41) is 9.10. The first-order valence-electron chi connectivity index (χ1n) is 7.38. The number of thioether (sulfide) groups is 2. The first-order valence-corrected chi connectivity index (χ1v) is 11.4. The van der Waals surface area contributed by atoms with Crippen molar-refractivity contribution >= 4 is 70.0 Å². The summed E-state index contributed by atoms with van der Waals surface area (Å²) in [7, 11) is 0. The second-order valence-electron chi connectivity index (χ2n) is 5.11. The number of nitrogens with zero attached hydrogens (tertiary/aromatic N) is 3. The Balaban J connectivity index is 1.77. The van der Waals surface area contributed by atoms with Gasteiger partial charge < -0.3 is 5.32 Å². The molecule has 10 heteroatoms. The van der Waals surface area contributed by atoms with Crippen molar-refractivity contribution in [1.29, 1.82) is 0 Å². The number of rotatable bonds is 6. The molecule has 3 rings (SSSR count). The highest BCUT2D eigenvalue weighted by atomic mass is 35.5. The number of nitrogens with one attached hydrogen (secondary N) is 1. The summed E-state index contributed by atoms with van der Waals surface area (Å²) < 4.78 is 6.88. The van der Waals surface area contributed by atoms with E-state index in [0.717, 1.165) is 14.8 Å². The zero-order valence-electron chi connectivity index (χ0n) is 13.8. The number of halogens is 2. The minimum Gasteiger partial charge on any atom is -0.305 e. The molecule has 0 aliphatic heterocycles. The fourth-order valence-corrected chi connectivity index (χ4v) is 5.07. The summed E-state index contributed by atoms with van der Waals surface area (Å²) in [6.45, 7) is 0.417. The van der Waals surface area contributed by atoms with Crippen molar-refractivity contribution in [2.24, 2.45) is 0 Å². The van der Waals surface area contributed by atoms with Gasteiger partial charge in [0.25, 0.3) is 5.91 Å². The lowest BCUT2D eigenvalue weighted by Crippen LogP contribution is -2.14. The van der Waals surface area contributed by atoms with Crippen LogP contribution in [0.2, 0.25) is 10.0 Å². The maximum Gasteiger partial charge on any atom is 0.261 e. The van der Waals surface area contributed by atoms with E-state index in [0.29, 0.717) is 28.0 Å². The second-order valence-corrected chi connectivity index (χ2v) is 8.57. The number of hydrogen-bond donors (Lipinski definition) is 1. The van der Waals surface area contributed by atoms with Crippen LogP contribution in [0.4, 0.5) is 5.82 Å². The van der Waals surface area contributed by atoms with Crippen LogP contribution in [0, 0.1) is 0 Å². The largest absolute Gasteiger partial charge is 0.305 e. The quantitative estimate of drug-likeness (QED) is 0.516. The van der Waals surface area contributed by atoms with Gasteiger partial charge in [0.2, 0.25) is 0 Å². The number of benzene rings is 1. The van der Waals surface area contributed by atoms with Gasteiger partial charge in [-0.3, -0.25) is 9.48 Å². The van der Waals surface area contributed by atoms with E-state index in [1.807, 2.05) is 12.5 Å². The molecule has 0 spiro atoms. The van der Waals surface area contributed by atoms with Gasteiger partial charge >= 0.3 is 0 Å². The Labute approximate surface area is 173 Å². The van der Waals surface area contributed by atoms with Gasteiger partial charge in [-0.25, -0.2) is 0 Å². The highest BCUT2D eigenvalue weighted by molar-refractivity contribution is 8.01. The molecule has 0 aliphatic carbocycles. The van der Waals surface area contributed by atoms with Gasteiger partial charge in [-0.2, -0.15) is 9.47 Å². The molecule has 0 bridgehead atoms. The Hall–Kier alpha value is -1.19. The van der Waals surface area contributed by atoms with E-state index in [-0.39, 0.29) is 5.91 Å².